The van der Waals surface area contributed by atoms with E-state index in [1.54, 1.807) is 0 Å². The van der Waals surface area contributed by atoms with Gasteiger partial charge in [0.1, 0.15) is 0 Å². The van der Waals surface area contributed by atoms with E-state index in [1.165, 1.54) is 16.7 Å². The van der Waals surface area contributed by atoms with E-state index in [1.807, 2.05) is 6.07 Å². The highest BCUT2D eigenvalue weighted by atomic mass is 35.5. The normalized spacial score (nSPS) is 23.1. The molecule has 3 rings (SSSR count). The molecule has 0 radical (unpaired) electrons. The fourth-order valence-electron chi connectivity index (χ4n) is 2.06. The summed E-state index contributed by atoms with van der Waals surface area (Å²) in [6.07, 6.45) is 1.13. The third-order valence-corrected chi connectivity index (χ3v) is 3.64. The number of hydrogen-bond acceptors (Lipinski definition) is 0. The minimum Gasteiger partial charge on any atom is -0.122 e. The standard InChI is InChI=1S/C15H13Cl/c16-15-10-14(15)13-8-6-12(7-9-13)11-4-2-1-3-5-11/h1-9,14-15H,10H2/t14-,15+/m1/s1. The van der Waals surface area contributed by atoms with Crippen LogP contribution < -0.4 is 0 Å². The molecule has 2 atom stereocenters. The topological polar surface area (TPSA) is 0 Å². The molecule has 1 aliphatic rings. The summed E-state index contributed by atoms with van der Waals surface area (Å²) < 4.78 is 0. The molecule has 80 valence electrons. The van der Waals surface area contributed by atoms with E-state index in [-0.39, 0.29) is 0 Å². The third-order valence-electron chi connectivity index (χ3n) is 3.16. The maximum atomic E-state index is 6.04. The molecule has 0 heterocycles. The Morgan fingerprint density at radius 1 is 0.812 bits per heavy atom. The molecule has 0 unspecified atom stereocenters. The van der Waals surface area contributed by atoms with Crippen LogP contribution >= 0.6 is 11.6 Å². The van der Waals surface area contributed by atoms with Gasteiger partial charge in [-0.05, 0) is 23.1 Å². The SMILES string of the molecule is Cl[C@H]1C[C@@H]1c1ccc(-c2ccccc2)cc1. The van der Waals surface area contributed by atoms with Crippen molar-refractivity contribution in [2.24, 2.45) is 0 Å². The molecule has 1 aliphatic carbocycles. The van der Waals surface area contributed by atoms with Crippen LogP contribution in [0.3, 0.4) is 0 Å². The van der Waals surface area contributed by atoms with Gasteiger partial charge < -0.3 is 0 Å². The number of rotatable bonds is 2. The lowest BCUT2D eigenvalue weighted by atomic mass is 10.0. The molecule has 1 saturated carbocycles. The van der Waals surface area contributed by atoms with E-state index in [0.717, 1.165) is 6.42 Å². The van der Waals surface area contributed by atoms with Crippen LogP contribution in [0.4, 0.5) is 0 Å². The first-order valence-electron chi connectivity index (χ1n) is 5.64. The van der Waals surface area contributed by atoms with Gasteiger partial charge in [0.05, 0.1) is 0 Å². The molecule has 0 nitrogen and oxygen atoms in total. The predicted molar refractivity (Wildman–Crippen MR) is 68.9 cm³/mol. The summed E-state index contributed by atoms with van der Waals surface area (Å²) in [7, 11) is 0. The first kappa shape index (κ1) is 9.92. The van der Waals surface area contributed by atoms with E-state index >= 15 is 0 Å². The summed E-state index contributed by atoms with van der Waals surface area (Å²) in [4.78, 5) is 0. The van der Waals surface area contributed by atoms with Crippen LogP contribution in [0.15, 0.2) is 54.6 Å². The molecule has 0 aliphatic heterocycles. The number of hydrogen-bond donors (Lipinski definition) is 0. The zero-order valence-electron chi connectivity index (χ0n) is 8.94. The van der Waals surface area contributed by atoms with Crippen molar-refractivity contribution in [2.45, 2.75) is 17.7 Å². The van der Waals surface area contributed by atoms with Crippen LogP contribution in [-0.4, -0.2) is 5.38 Å². The lowest BCUT2D eigenvalue weighted by molar-refractivity contribution is 1.13. The molecule has 0 bridgehead atoms. The Morgan fingerprint density at radius 2 is 1.38 bits per heavy atom. The van der Waals surface area contributed by atoms with Gasteiger partial charge in [0.15, 0.2) is 0 Å². The van der Waals surface area contributed by atoms with Gasteiger partial charge >= 0.3 is 0 Å². The zero-order valence-corrected chi connectivity index (χ0v) is 9.69. The molecule has 0 spiro atoms. The summed E-state index contributed by atoms with van der Waals surface area (Å²) in [5.74, 6) is 0.589. The van der Waals surface area contributed by atoms with Crippen molar-refractivity contribution in [3.8, 4) is 11.1 Å². The van der Waals surface area contributed by atoms with Crippen LogP contribution in [0.25, 0.3) is 11.1 Å². The maximum absolute atomic E-state index is 6.04. The second-order valence-corrected chi connectivity index (χ2v) is 4.91. The molecule has 0 aromatic heterocycles. The molecular weight excluding hydrogens is 216 g/mol. The zero-order chi connectivity index (χ0) is 11.0. The Kier molecular flexibility index (Phi) is 2.45. The van der Waals surface area contributed by atoms with E-state index in [2.05, 4.69) is 48.5 Å². The van der Waals surface area contributed by atoms with E-state index in [0.29, 0.717) is 11.3 Å². The molecule has 1 heteroatoms. The monoisotopic (exact) mass is 228 g/mol. The fourth-order valence-corrected chi connectivity index (χ4v) is 2.40. The third kappa shape index (κ3) is 1.85. The first-order valence-corrected chi connectivity index (χ1v) is 6.08. The molecule has 16 heavy (non-hydrogen) atoms. The van der Waals surface area contributed by atoms with Crippen molar-refractivity contribution >= 4 is 11.6 Å². The second-order valence-electron chi connectivity index (χ2n) is 4.35. The lowest BCUT2D eigenvalue weighted by Gasteiger charge is -2.03. The van der Waals surface area contributed by atoms with Crippen molar-refractivity contribution in [2.75, 3.05) is 0 Å². The quantitative estimate of drug-likeness (QED) is 0.667. The summed E-state index contributed by atoms with van der Waals surface area (Å²) >= 11 is 6.04. The Morgan fingerprint density at radius 3 is 1.94 bits per heavy atom. The first-order chi connectivity index (χ1) is 7.84. The highest BCUT2D eigenvalue weighted by molar-refractivity contribution is 6.23. The predicted octanol–water partition coefficient (Wildman–Crippen LogP) is 4.45. The molecule has 0 N–H and O–H groups in total. The number of benzene rings is 2. The van der Waals surface area contributed by atoms with Crippen LogP contribution in [0.1, 0.15) is 17.9 Å². The minimum absolute atomic E-state index is 0.363. The highest BCUT2D eigenvalue weighted by Crippen LogP contribution is 2.45. The average molecular weight is 229 g/mol. The fraction of sp³-hybridized carbons (Fsp3) is 0.200. The number of alkyl halides is 1. The summed E-state index contributed by atoms with van der Waals surface area (Å²) in [5.41, 5.74) is 3.92. The summed E-state index contributed by atoms with van der Waals surface area (Å²) in [6, 6.07) is 19.2. The molecule has 0 saturated heterocycles. The van der Waals surface area contributed by atoms with Gasteiger partial charge in [0.25, 0.3) is 0 Å². The van der Waals surface area contributed by atoms with Gasteiger partial charge in [-0.15, -0.1) is 11.6 Å². The van der Waals surface area contributed by atoms with Gasteiger partial charge in [0, 0.05) is 11.3 Å². The molecular formula is C15H13Cl. The minimum atomic E-state index is 0.363. The van der Waals surface area contributed by atoms with E-state index in [4.69, 9.17) is 11.6 Å². The molecule has 0 amide bonds. The van der Waals surface area contributed by atoms with Crippen molar-refractivity contribution in [3.05, 3.63) is 60.2 Å². The number of halogens is 1. The van der Waals surface area contributed by atoms with Crippen molar-refractivity contribution < 1.29 is 0 Å². The Balaban J connectivity index is 1.88. The highest BCUT2D eigenvalue weighted by Gasteiger charge is 2.36. The van der Waals surface area contributed by atoms with Crippen LogP contribution in [0.2, 0.25) is 0 Å². The Labute approximate surface area is 101 Å². The van der Waals surface area contributed by atoms with Crippen molar-refractivity contribution in [1.29, 1.82) is 0 Å². The molecule has 1 fully saturated rings. The van der Waals surface area contributed by atoms with Gasteiger partial charge in [-0.1, -0.05) is 54.6 Å². The van der Waals surface area contributed by atoms with Gasteiger partial charge in [-0.3, -0.25) is 0 Å². The van der Waals surface area contributed by atoms with Crippen molar-refractivity contribution in [1.82, 2.24) is 0 Å². The smallest absolute Gasteiger partial charge is 0.0411 e. The largest absolute Gasteiger partial charge is 0.122 e. The maximum Gasteiger partial charge on any atom is 0.0411 e. The van der Waals surface area contributed by atoms with E-state index < -0.39 is 0 Å². The Hall–Kier alpha value is -1.27. The Bertz CT molecular complexity index is 473. The lowest BCUT2D eigenvalue weighted by Crippen LogP contribution is -1.83. The average Bonchev–Trinajstić information content (AvgIpc) is 3.08. The summed E-state index contributed by atoms with van der Waals surface area (Å²) in [5, 5.41) is 0.363. The second kappa shape index (κ2) is 3.95. The summed E-state index contributed by atoms with van der Waals surface area (Å²) in [6.45, 7) is 0. The van der Waals surface area contributed by atoms with Gasteiger partial charge in [0.2, 0.25) is 0 Å². The van der Waals surface area contributed by atoms with Gasteiger partial charge in [-0.2, -0.15) is 0 Å². The van der Waals surface area contributed by atoms with Crippen LogP contribution in [-0.2, 0) is 0 Å². The van der Waals surface area contributed by atoms with E-state index in [9.17, 15) is 0 Å². The van der Waals surface area contributed by atoms with Gasteiger partial charge in [-0.25, -0.2) is 0 Å². The molecule has 2 aromatic carbocycles. The van der Waals surface area contributed by atoms with Crippen LogP contribution in [0, 0.1) is 0 Å². The molecule has 2 aromatic rings. The van der Waals surface area contributed by atoms with Crippen molar-refractivity contribution in [3.63, 3.8) is 0 Å². The van der Waals surface area contributed by atoms with Crippen LogP contribution in [0.5, 0.6) is 0 Å².